The number of amides is 1. The summed E-state index contributed by atoms with van der Waals surface area (Å²) in [6.45, 7) is 1.86. The van der Waals surface area contributed by atoms with Gasteiger partial charge in [-0.15, -0.1) is 0 Å². The molecule has 1 heterocycles. The van der Waals surface area contributed by atoms with Crippen LogP contribution in [0.2, 0.25) is 0 Å². The molecule has 29 heavy (non-hydrogen) atoms. The molecule has 0 aromatic heterocycles. The summed E-state index contributed by atoms with van der Waals surface area (Å²) in [5.41, 5.74) is 1.32. The monoisotopic (exact) mass is 403 g/mol. The molecule has 2 aromatic carbocycles. The highest BCUT2D eigenvalue weighted by Crippen LogP contribution is 2.43. The van der Waals surface area contributed by atoms with Crippen molar-refractivity contribution >= 4 is 17.6 Å². The van der Waals surface area contributed by atoms with E-state index in [1.807, 2.05) is 0 Å². The SMILES string of the molecule is CCOC(=O)C[C@@H]1O[C@@H](c2cccc(OC)c2OC)c2cc(F)ccc2NC1=O. The highest BCUT2D eigenvalue weighted by molar-refractivity contribution is 5.97. The van der Waals surface area contributed by atoms with Gasteiger partial charge >= 0.3 is 5.97 Å². The van der Waals surface area contributed by atoms with Crippen LogP contribution in [-0.4, -0.2) is 38.8 Å². The van der Waals surface area contributed by atoms with Gasteiger partial charge in [-0.1, -0.05) is 12.1 Å². The number of carbonyl (C=O) groups is 2. The molecule has 3 rings (SSSR count). The number of ether oxygens (including phenoxy) is 4. The lowest BCUT2D eigenvalue weighted by molar-refractivity contribution is -0.150. The van der Waals surface area contributed by atoms with Gasteiger partial charge in [-0.2, -0.15) is 0 Å². The van der Waals surface area contributed by atoms with Crippen LogP contribution in [0.15, 0.2) is 36.4 Å². The molecule has 2 atom stereocenters. The van der Waals surface area contributed by atoms with Crippen LogP contribution >= 0.6 is 0 Å². The number of esters is 1. The minimum absolute atomic E-state index is 0.186. The van der Waals surface area contributed by atoms with Crippen molar-refractivity contribution in [3.63, 3.8) is 0 Å². The smallest absolute Gasteiger partial charge is 0.308 e. The molecule has 1 aliphatic rings. The first kappa shape index (κ1) is 20.6. The Labute approximate surface area is 167 Å². The maximum absolute atomic E-state index is 14.1. The van der Waals surface area contributed by atoms with Crippen LogP contribution in [0.3, 0.4) is 0 Å². The average Bonchev–Trinajstić information content (AvgIpc) is 2.84. The lowest BCUT2D eigenvalue weighted by atomic mass is 9.98. The van der Waals surface area contributed by atoms with Crippen LogP contribution in [-0.2, 0) is 19.1 Å². The number of anilines is 1. The maximum atomic E-state index is 14.1. The summed E-state index contributed by atoms with van der Waals surface area (Å²) in [4.78, 5) is 24.6. The number of para-hydroxylation sites is 1. The number of carbonyl (C=O) groups excluding carboxylic acids is 2. The fourth-order valence-corrected chi connectivity index (χ4v) is 3.25. The lowest BCUT2D eigenvalue weighted by Gasteiger charge is -2.24. The zero-order valence-electron chi connectivity index (χ0n) is 16.4. The minimum atomic E-state index is -1.13. The van der Waals surface area contributed by atoms with Crippen LogP contribution in [0.25, 0.3) is 0 Å². The molecule has 0 aliphatic carbocycles. The highest BCUT2D eigenvalue weighted by atomic mass is 19.1. The van der Waals surface area contributed by atoms with Crippen molar-refractivity contribution in [2.24, 2.45) is 0 Å². The fourth-order valence-electron chi connectivity index (χ4n) is 3.25. The molecule has 0 spiro atoms. The van der Waals surface area contributed by atoms with Crippen molar-refractivity contribution in [1.82, 2.24) is 0 Å². The van der Waals surface area contributed by atoms with Gasteiger partial charge in [0.1, 0.15) is 18.0 Å². The summed E-state index contributed by atoms with van der Waals surface area (Å²) in [6, 6.07) is 9.16. The number of benzene rings is 2. The second-order valence-corrected chi connectivity index (χ2v) is 6.32. The normalized spacial score (nSPS) is 18.3. The summed E-state index contributed by atoms with van der Waals surface area (Å²) in [5, 5.41) is 2.70. The molecular weight excluding hydrogens is 381 g/mol. The molecule has 0 saturated heterocycles. The summed E-state index contributed by atoms with van der Waals surface area (Å²) in [6.07, 6.45) is -2.30. The first-order valence-electron chi connectivity index (χ1n) is 9.10. The van der Waals surface area contributed by atoms with Gasteiger partial charge in [-0.3, -0.25) is 9.59 Å². The predicted octanol–water partition coefficient (Wildman–Crippen LogP) is 3.22. The van der Waals surface area contributed by atoms with Gasteiger partial charge in [0.15, 0.2) is 11.5 Å². The van der Waals surface area contributed by atoms with E-state index in [4.69, 9.17) is 18.9 Å². The van der Waals surface area contributed by atoms with Gasteiger partial charge < -0.3 is 24.3 Å². The first-order chi connectivity index (χ1) is 14.0. The molecule has 2 aromatic rings. The second kappa shape index (κ2) is 8.91. The van der Waals surface area contributed by atoms with Gasteiger partial charge in [-0.05, 0) is 31.2 Å². The van der Waals surface area contributed by atoms with Gasteiger partial charge in [0.25, 0.3) is 5.91 Å². The Balaban J connectivity index is 2.10. The molecule has 7 nitrogen and oxygen atoms in total. The number of fused-ring (bicyclic) bond motifs is 1. The van der Waals surface area contributed by atoms with E-state index >= 15 is 0 Å². The van der Waals surface area contributed by atoms with Crippen LogP contribution in [0.1, 0.15) is 30.6 Å². The Morgan fingerprint density at radius 1 is 1.17 bits per heavy atom. The van der Waals surface area contributed by atoms with Crippen molar-refractivity contribution in [2.75, 3.05) is 26.1 Å². The number of rotatable bonds is 6. The molecule has 0 fully saturated rings. The molecule has 1 amide bonds. The molecule has 154 valence electrons. The van der Waals surface area contributed by atoms with Crippen molar-refractivity contribution in [2.45, 2.75) is 25.6 Å². The molecule has 0 unspecified atom stereocenters. The van der Waals surface area contributed by atoms with Crippen LogP contribution < -0.4 is 14.8 Å². The number of nitrogens with one attached hydrogen (secondary N) is 1. The van der Waals surface area contributed by atoms with Crippen molar-refractivity contribution in [3.8, 4) is 11.5 Å². The second-order valence-electron chi connectivity index (χ2n) is 6.32. The van der Waals surface area contributed by atoms with E-state index in [1.54, 1.807) is 25.1 Å². The van der Waals surface area contributed by atoms with E-state index in [0.29, 0.717) is 28.3 Å². The third-order valence-electron chi connectivity index (χ3n) is 4.52. The molecule has 8 heteroatoms. The molecule has 0 bridgehead atoms. The Kier molecular flexibility index (Phi) is 6.33. The Morgan fingerprint density at radius 2 is 1.97 bits per heavy atom. The zero-order chi connectivity index (χ0) is 21.0. The number of halogens is 1. The van der Waals surface area contributed by atoms with Gasteiger partial charge in [0.2, 0.25) is 0 Å². The fraction of sp³-hybridized carbons (Fsp3) is 0.333. The number of hydrogen-bond acceptors (Lipinski definition) is 6. The third-order valence-corrected chi connectivity index (χ3v) is 4.52. The van der Waals surface area contributed by atoms with Crippen molar-refractivity contribution < 1.29 is 32.9 Å². The standard InChI is InChI=1S/C21H22FNO6/c1-4-28-18(24)11-17-21(25)23-15-9-8-12(22)10-14(15)19(29-17)13-6-5-7-16(26-2)20(13)27-3/h5-10,17,19H,4,11H2,1-3H3,(H,23,25)/t17-,19-/m0/s1. The Morgan fingerprint density at radius 3 is 2.66 bits per heavy atom. The van der Waals surface area contributed by atoms with E-state index < -0.39 is 29.9 Å². The third kappa shape index (κ3) is 4.32. The van der Waals surface area contributed by atoms with Gasteiger partial charge in [-0.25, -0.2) is 4.39 Å². The summed E-state index contributed by atoms with van der Waals surface area (Å²) < 4.78 is 35.9. The van der Waals surface area contributed by atoms with Crippen molar-refractivity contribution in [3.05, 3.63) is 53.3 Å². The highest BCUT2D eigenvalue weighted by Gasteiger charge is 2.35. The van der Waals surface area contributed by atoms with Gasteiger partial charge in [0.05, 0.1) is 27.2 Å². The number of methoxy groups -OCH3 is 2. The first-order valence-corrected chi connectivity index (χ1v) is 9.10. The minimum Gasteiger partial charge on any atom is -0.493 e. The van der Waals surface area contributed by atoms with E-state index in [2.05, 4.69) is 5.32 Å². The van der Waals surface area contributed by atoms with Gasteiger partial charge in [0, 0.05) is 16.8 Å². The summed E-state index contributed by atoms with van der Waals surface area (Å²) in [5.74, 6) is -0.731. The van der Waals surface area contributed by atoms with E-state index in [0.717, 1.165) is 0 Å². The quantitative estimate of drug-likeness (QED) is 0.746. The summed E-state index contributed by atoms with van der Waals surface area (Å²) >= 11 is 0. The van der Waals surface area contributed by atoms with E-state index in [-0.39, 0.29) is 13.0 Å². The lowest BCUT2D eigenvalue weighted by Crippen LogP contribution is -2.32. The maximum Gasteiger partial charge on any atom is 0.308 e. The zero-order valence-corrected chi connectivity index (χ0v) is 16.4. The van der Waals surface area contributed by atoms with E-state index in [1.165, 1.54) is 32.4 Å². The molecule has 1 N–H and O–H groups in total. The van der Waals surface area contributed by atoms with Crippen LogP contribution in [0.4, 0.5) is 10.1 Å². The number of hydrogen-bond donors (Lipinski definition) is 1. The average molecular weight is 403 g/mol. The van der Waals surface area contributed by atoms with Crippen LogP contribution in [0, 0.1) is 5.82 Å². The largest absolute Gasteiger partial charge is 0.493 e. The molecular formula is C21H22FNO6. The summed E-state index contributed by atoms with van der Waals surface area (Å²) in [7, 11) is 2.97. The predicted molar refractivity (Wildman–Crippen MR) is 103 cm³/mol. The Hall–Kier alpha value is -3.13. The molecule has 1 aliphatic heterocycles. The molecule has 0 saturated carbocycles. The topological polar surface area (TPSA) is 83.1 Å². The van der Waals surface area contributed by atoms with Crippen molar-refractivity contribution in [1.29, 1.82) is 0 Å². The molecule has 0 radical (unpaired) electrons. The van der Waals surface area contributed by atoms with E-state index in [9.17, 15) is 14.0 Å². The van der Waals surface area contributed by atoms with Crippen LogP contribution in [0.5, 0.6) is 11.5 Å². The Bertz CT molecular complexity index is 916.